The van der Waals surface area contributed by atoms with Crippen LogP contribution in [-0.2, 0) is 34.3 Å². The van der Waals surface area contributed by atoms with E-state index in [1.54, 1.807) is 6.92 Å². The fourth-order valence-corrected chi connectivity index (χ4v) is 3.88. The Labute approximate surface area is 133 Å². The third-order valence-corrected chi connectivity index (χ3v) is 5.08. The molecular weight excluding hydrogens is 348 g/mol. The van der Waals surface area contributed by atoms with Crippen LogP contribution in [0.15, 0.2) is 34.1 Å². The van der Waals surface area contributed by atoms with Crippen molar-refractivity contribution in [1.29, 1.82) is 0 Å². The third kappa shape index (κ3) is 5.62. The zero-order chi connectivity index (χ0) is 17.7. The molecule has 11 heteroatoms. The first-order valence-electron chi connectivity index (χ1n) is 6.35. The maximum absolute atomic E-state index is 12.1. The monoisotopic (exact) mass is 364 g/mol. The van der Waals surface area contributed by atoms with Gasteiger partial charge in [-0.25, -0.2) is 21.6 Å². The predicted molar refractivity (Wildman–Crippen MR) is 79.3 cm³/mol. The van der Waals surface area contributed by atoms with Gasteiger partial charge in [0, 0.05) is 12.7 Å². The maximum atomic E-state index is 12.1. The minimum absolute atomic E-state index is 0.154. The van der Waals surface area contributed by atoms with E-state index in [0.29, 0.717) is 0 Å². The van der Waals surface area contributed by atoms with Crippen molar-refractivity contribution < 1.29 is 31.3 Å². The molecule has 0 heterocycles. The van der Waals surface area contributed by atoms with E-state index in [1.165, 1.54) is 17.0 Å². The molecule has 1 amide bonds. The fourth-order valence-electron chi connectivity index (χ4n) is 1.46. The van der Waals surface area contributed by atoms with E-state index >= 15 is 0 Å². The van der Waals surface area contributed by atoms with Gasteiger partial charge in [0.2, 0.25) is 5.91 Å². The van der Waals surface area contributed by atoms with E-state index in [-0.39, 0.29) is 6.42 Å². The molecule has 0 spiro atoms. The molecule has 2 N–H and O–H groups in total. The van der Waals surface area contributed by atoms with Crippen LogP contribution in [0.4, 0.5) is 0 Å². The van der Waals surface area contributed by atoms with Gasteiger partial charge in [-0.2, -0.15) is 0 Å². The third-order valence-electron chi connectivity index (χ3n) is 2.55. The van der Waals surface area contributed by atoms with Crippen molar-refractivity contribution in [3.8, 4) is 0 Å². The standard InChI is InChI=1S/C12H16N2O7S2/c1-3-11(15)13-8-12(16)21-14-23(19,20)10-7-5-4-6-9(10)22(2,17)18/h4-7,14H,3,8H2,1-2H3,(H,13,15). The van der Waals surface area contributed by atoms with Gasteiger partial charge in [0.1, 0.15) is 11.4 Å². The Kier molecular flexibility index (Phi) is 6.24. The maximum Gasteiger partial charge on any atom is 0.345 e. The second-order valence-electron chi connectivity index (χ2n) is 4.41. The minimum atomic E-state index is -4.40. The largest absolute Gasteiger partial charge is 0.354 e. The quantitative estimate of drug-likeness (QED) is 0.614. The van der Waals surface area contributed by atoms with Crippen LogP contribution in [0.2, 0.25) is 0 Å². The lowest BCUT2D eigenvalue weighted by molar-refractivity contribution is -0.147. The Morgan fingerprint density at radius 3 is 2.17 bits per heavy atom. The van der Waals surface area contributed by atoms with Crippen molar-refractivity contribution in [1.82, 2.24) is 10.2 Å². The van der Waals surface area contributed by atoms with Crippen molar-refractivity contribution in [2.24, 2.45) is 0 Å². The van der Waals surface area contributed by atoms with E-state index in [1.807, 2.05) is 0 Å². The highest BCUT2D eigenvalue weighted by Gasteiger charge is 2.24. The van der Waals surface area contributed by atoms with Gasteiger partial charge >= 0.3 is 5.97 Å². The molecule has 0 aromatic heterocycles. The summed E-state index contributed by atoms with van der Waals surface area (Å²) in [5.41, 5.74) is 0. The van der Waals surface area contributed by atoms with Gasteiger partial charge in [0.05, 0.1) is 4.90 Å². The molecular formula is C12H16N2O7S2. The first kappa shape index (κ1) is 19.1. The molecule has 0 aliphatic carbocycles. The molecule has 0 bridgehead atoms. The zero-order valence-electron chi connectivity index (χ0n) is 12.4. The summed E-state index contributed by atoms with van der Waals surface area (Å²) < 4.78 is 47.3. The Balaban J connectivity index is 2.86. The summed E-state index contributed by atoms with van der Waals surface area (Å²) in [5, 5.41) is 2.20. The zero-order valence-corrected chi connectivity index (χ0v) is 14.0. The second kappa shape index (κ2) is 7.53. The topological polar surface area (TPSA) is 136 Å². The van der Waals surface area contributed by atoms with Crippen molar-refractivity contribution >= 4 is 31.7 Å². The van der Waals surface area contributed by atoms with Gasteiger partial charge in [-0.05, 0) is 17.0 Å². The number of benzene rings is 1. The number of sulfonamides is 1. The van der Waals surface area contributed by atoms with Crippen LogP contribution in [0.25, 0.3) is 0 Å². The Bertz CT molecular complexity index is 800. The Morgan fingerprint density at radius 2 is 1.65 bits per heavy atom. The van der Waals surface area contributed by atoms with Crippen LogP contribution in [0.5, 0.6) is 0 Å². The lowest BCUT2D eigenvalue weighted by atomic mass is 10.4. The van der Waals surface area contributed by atoms with Crippen molar-refractivity contribution in [3.05, 3.63) is 24.3 Å². The van der Waals surface area contributed by atoms with Crippen LogP contribution in [0.1, 0.15) is 13.3 Å². The SMILES string of the molecule is CCC(=O)NCC(=O)ONS(=O)(=O)c1ccccc1S(C)(=O)=O. The summed E-state index contributed by atoms with van der Waals surface area (Å²) in [7, 11) is -8.19. The molecule has 128 valence electrons. The number of nitrogens with one attached hydrogen (secondary N) is 2. The molecule has 23 heavy (non-hydrogen) atoms. The molecule has 9 nitrogen and oxygen atoms in total. The molecule has 0 aliphatic rings. The Hall–Kier alpha value is -1.98. The minimum Gasteiger partial charge on any atom is -0.354 e. The average molecular weight is 364 g/mol. The highest BCUT2D eigenvalue weighted by molar-refractivity contribution is 7.93. The number of carbonyl (C=O) groups excluding carboxylic acids is 2. The van der Waals surface area contributed by atoms with Gasteiger partial charge in [-0.15, -0.1) is 0 Å². The van der Waals surface area contributed by atoms with Crippen LogP contribution in [-0.4, -0.2) is 41.5 Å². The van der Waals surface area contributed by atoms with E-state index in [4.69, 9.17) is 0 Å². The van der Waals surface area contributed by atoms with E-state index in [9.17, 15) is 26.4 Å². The molecule has 1 aromatic carbocycles. The molecule has 0 saturated heterocycles. The van der Waals surface area contributed by atoms with E-state index < -0.39 is 48.1 Å². The lowest BCUT2D eigenvalue weighted by Gasteiger charge is -2.10. The van der Waals surface area contributed by atoms with Crippen LogP contribution < -0.4 is 10.2 Å². The van der Waals surface area contributed by atoms with Crippen LogP contribution in [0.3, 0.4) is 0 Å². The number of amides is 1. The van der Waals surface area contributed by atoms with Crippen LogP contribution in [0, 0.1) is 0 Å². The number of rotatable bonds is 7. The summed E-state index contributed by atoms with van der Waals surface area (Å²) in [6.45, 7) is 1.05. The van der Waals surface area contributed by atoms with Gasteiger partial charge in [0.15, 0.2) is 9.84 Å². The first-order valence-corrected chi connectivity index (χ1v) is 9.72. The molecule has 1 aromatic rings. The summed E-state index contributed by atoms with van der Waals surface area (Å²) in [6.07, 6.45) is 1.01. The lowest BCUT2D eigenvalue weighted by Crippen LogP contribution is -2.35. The summed E-state index contributed by atoms with van der Waals surface area (Å²) in [5.74, 6) is -1.46. The van der Waals surface area contributed by atoms with Gasteiger partial charge in [-0.1, -0.05) is 19.1 Å². The highest BCUT2D eigenvalue weighted by Crippen LogP contribution is 2.20. The molecule has 0 atom stereocenters. The normalized spacial score (nSPS) is 11.7. The van der Waals surface area contributed by atoms with Crippen LogP contribution >= 0.6 is 0 Å². The molecule has 0 aliphatic heterocycles. The fraction of sp³-hybridized carbons (Fsp3) is 0.333. The Morgan fingerprint density at radius 1 is 1.09 bits per heavy atom. The van der Waals surface area contributed by atoms with Crippen molar-refractivity contribution in [2.45, 2.75) is 23.1 Å². The van der Waals surface area contributed by atoms with Gasteiger partial charge < -0.3 is 10.2 Å². The molecule has 1 rings (SSSR count). The second-order valence-corrected chi connectivity index (χ2v) is 8.01. The van der Waals surface area contributed by atoms with Crippen molar-refractivity contribution in [2.75, 3.05) is 12.8 Å². The number of sulfone groups is 1. The summed E-state index contributed by atoms with van der Waals surface area (Å²) in [4.78, 5) is 27.2. The smallest absolute Gasteiger partial charge is 0.345 e. The predicted octanol–water partition coefficient (Wildman–Crippen LogP) is -0.647. The number of hydrogen-bond donors (Lipinski definition) is 2. The molecule has 0 radical (unpaired) electrons. The van der Waals surface area contributed by atoms with Crippen molar-refractivity contribution in [3.63, 3.8) is 0 Å². The van der Waals surface area contributed by atoms with E-state index in [2.05, 4.69) is 10.2 Å². The summed E-state index contributed by atoms with van der Waals surface area (Å²) in [6, 6.07) is 4.87. The molecule has 0 unspecified atom stereocenters. The molecule has 0 saturated carbocycles. The number of carbonyl (C=O) groups is 2. The average Bonchev–Trinajstić information content (AvgIpc) is 2.49. The van der Waals surface area contributed by atoms with Gasteiger partial charge in [-0.3, -0.25) is 4.79 Å². The number of hydrogen-bond acceptors (Lipinski definition) is 7. The first-order chi connectivity index (χ1) is 10.6. The van der Waals surface area contributed by atoms with E-state index in [0.717, 1.165) is 18.4 Å². The highest BCUT2D eigenvalue weighted by atomic mass is 32.2. The van der Waals surface area contributed by atoms with Gasteiger partial charge in [0.25, 0.3) is 10.0 Å². The molecule has 0 fully saturated rings. The summed E-state index contributed by atoms with van der Waals surface area (Å²) >= 11 is 0.